The van der Waals surface area contributed by atoms with Gasteiger partial charge in [0.1, 0.15) is 11.1 Å². The second-order valence-electron chi connectivity index (χ2n) is 5.73. The smallest absolute Gasteiger partial charge is 0.420 e. The molecule has 1 N–H and O–H groups in total. The van der Waals surface area contributed by atoms with Crippen molar-refractivity contribution in [1.29, 1.82) is 0 Å². The number of halogens is 3. The number of nitrogens with zero attached hydrogens (tertiary/aromatic N) is 1. The van der Waals surface area contributed by atoms with Gasteiger partial charge in [-0.15, -0.1) is 0 Å². The minimum Gasteiger partial charge on any atom is -0.440 e. The van der Waals surface area contributed by atoms with E-state index in [1.165, 1.54) is 0 Å². The standard InChI is InChI=1S/C16H21F3N2O/c1-4-5-6-20-9-11-7-12(16(17,18)19)14-13(8-11)21-15(22-14)10(2)3/h7-8,10,20H,4-6,9H2,1-3H3. The summed E-state index contributed by atoms with van der Waals surface area (Å²) in [6.45, 7) is 6.92. The van der Waals surface area contributed by atoms with Crippen molar-refractivity contribution in [2.45, 2.75) is 52.3 Å². The van der Waals surface area contributed by atoms with Crippen molar-refractivity contribution in [1.82, 2.24) is 10.3 Å². The number of oxazole rings is 1. The maximum Gasteiger partial charge on any atom is 0.420 e. The molecule has 6 heteroatoms. The maximum absolute atomic E-state index is 13.2. The van der Waals surface area contributed by atoms with Crippen LogP contribution in [0.2, 0.25) is 0 Å². The molecule has 2 aromatic rings. The topological polar surface area (TPSA) is 38.1 Å². The number of rotatable bonds is 6. The molecule has 22 heavy (non-hydrogen) atoms. The highest BCUT2D eigenvalue weighted by molar-refractivity contribution is 5.78. The molecule has 0 amide bonds. The van der Waals surface area contributed by atoms with Crippen LogP contribution in [0.1, 0.15) is 56.5 Å². The van der Waals surface area contributed by atoms with Crippen LogP contribution < -0.4 is 5.32 Å². The van der Waals surface area contributed by atoms with Gasteiger partial charge in [-0.3, -0.25) is 0 Å². The third-order valence-electron chi connectivity index (χ3n) is 3.40. The van der Waals surface area contributed by atoms with Gasteiger partial charge in [0.15, 0.2) is 11.5 Å². The van der Waals surface area contributed by atoms with Gasteiger partial charge in [0.05, 0.1) is 0 Å². The van der Waals surface area contributed by atoms with Crippen LogP contribution in [0.25, 0.3) is 11.1 Å². The summed E-state index contributed by atoms with van der Waals surface area (Å²) in [4.78, 5) is 4.20. The van der Waals surface area contributed by atoms with Crippen LogP contribution in [0, 0.1) is 0 Å². The minimum atomic E-state index is -4.45. The first kappa shape index (κ1) is 16.8. The zero-order valence-electron chi connectivity index (χ0n) is 13.0. The van der Waals surface area contributed by atoms with Crippen LogP contribution in [0.15, 0.2) is 16.5 Å². The molecular weight excluding hydrogens is 293 g/mol. The Balaban J connectivity index is 2.38. The SMILES string of the molecule is CCCCNCc1cc(C(F)(F)F)c2oc(C(C)C)nc2c1. The van der Waals surface area contributed by atoms with Gasteiger partial charge < -0.3 is 9.73 Å². The van der Waals surface area contributed by atoms with Crippen molar-refractivity contribution in [2.24, 2.45) is 0 Å². The van der Waals surface area contributed by atoms with Crippen LogP contribution in [0.5, 0.6) is 0 Å². The first-order chi connectivity index (χ1) is 10.3. The van der Waals surface area contributed by atoms with E-state index in [1.807, 2.05) is 13.8 Å². The summed E-state index contributed by atoms with van der Waals surface area (Å²) in [6.07, 6.45) is -2.41. The summed E-state index contributed by atoms with van der Waals surface area (Å²) in [5, 5.41) is 3.15. The van der Waals surface area contributed by atoms with Crippen molar-refractivity contribution in [3.63, 3.8) is 0 Å². The molecule has 0 spiro atoms. The van der Waals surface area contributed by atoms with Gasteiger partial charge in [0, 0.05) is 12.5 Å². The fourth-order valence-corrected chi connectivity index (χ4v) is 2.20. The van der Waals surface area contributed by atoms with Crippen molar-refractivity contribution in [2.75, 3.05) is 6.54 Å². The lowest BCUT2D eigenvalue weighted by Crippen LogP contribution is -2.15. The number of benzene rings is 1. The summed E-state index contributed by atoms with van der Waals surface area (Å²) >= 11 is 0. The molecule has 1 heterocycles. The Morgan fingerprint density at radius 3 is 2.59 bits per heavy atom. The highest BCUT2D eigenvalue weighted by atomic mass is 19.4. The van der Waals surface area contributed by atoms with E-state index in [4.69, 9.17) is 4.42 Å². The van der Waals surface area contributed by atoms with Gasteiger partial charge in [0.2, 0.25) is 0 Å². The number of nitrogens with one attached hydrogen (secondary N) is 1. The molecule has 1 aromatic carbocycles. The number of alkyl halides is 3. The van der Waals surface area contributed by atoms with Gasteiger partial charge in [-0.05, 0) is 30.7 Å². The molecule has 0 unspecified atom stereocenters. The van der Waals surface area contributed by atoms with Gasteiger partial charge in [-0.25, -0.2) is 4.98 Å². The second kappa shape index (κ2) is 6.69. The summed E-state index contributed by atoms with van der Waals surface area (Å²) < 4.78 is 45.1. The van der Waals surface area contributed by atoms with Crippen molar-refractivity contribution in [3.8, 4) is 0 Å². The Labute approximate surface area is 127 Å². The minimum absolute atomic E-state index is 0.0559. The number of aromatic nitrogens is 1. The molecule has 0 fully saturated rings. The molecular formula is C16H21F3N2O. The monoisotopic (exact) mass is 314 g/mol. The third kappa shape index (κ3) is 3.80. The van der Waals surface area contributed by atoms with E-state index in [0.29, 0.717) is 18.0 Å². The lowest BCUT2D eigenvalue weighted by molar-refractivity contribution is -0.136. The quantitative estimate of drug-likeness (QED) is 0.774. The van der Waals surface area contributed by atoms with Crippen LogP contribution in [-0.2, 0) is 12.7 Å². The summed E-state index contributed by atoms with van der Waals surface area (Å²) in [6, 6.07) is 2.81. The number of fused-ring (bicyclic) bond motifs is 1. The van der Waals surface area contributed by atoms with Gasteiger partial charge in [-0.1, -0.05) is 27.2 Å². The lowest BCUT2D eigenvalue weighted by atomic mass is 10.1. The molecule has 1 aromatic heterocycles. The third-order valence-corrected chi connectivity index (χ3v) is 3.40. The Morgan fingerprint density at radius 1 is 1.27 bits per heavy atom. The van der Waals surface area contributed by atoms with Crippen LogP contribution in [0.3, 0.4) is 0 Å². The zero-order chi connectivity index (χ0) is 16.3. The van der Waals surface area contributed by atoms with E-state index in [-0.39, 0.29) is 17.0 Å². The van der Waals surface area contributed by atoms with E-state index in [9.17, 15) is 13.2 Å². The van der Waals surface area contributed by atoms with E-state index in [2.05, 4.69) is 17.2 Å². The van der Waals surface area contributed by atoms with Gasteiger partial charge >= 0.3 is 6.18 Å². The Hall–Kier alpha value is -1.56. The lowest BCUT2D eigenvalue weighted by Gasteiger charge is -2.10. The molecule has 122 valence electrons. The first-order valence-corrected chi connectivity index (χ1v) is 7.54. The Bertz CT molecular complexity index is 632. The van der Waals surface area contributed by atoms with E-state index in [1.54, 1.807) is 6.07 Å². The molecule has 0 atom stereocenters. The molecule has 3 nitrogen and oxygen atoms in total. The predicted octanol–water partition coefficient (Wildman–Crippen LogP) is 4.86. The van der Waals surface area contributed by atoms with Gasteiger partial charge in [0.25, 0.3) is 0 Å². The molecule has 0 saturated carbocycles. The maximum atomic E-state index is 13.2. The van der Waals surface area contributed by atoms with Crippen molar-refractivity contribution < 1.29 is 17.6 Å². The number of unbranched alkanes of at least 4 members (excludes halogenated alkanes) is 1. The molecule has 0 bridgehead atoms. The Kier molecular flexibility index (Phi) is 5.11. The van der Waals surface area contributed by atoms with Crippen molar-refractivity contribution >= 4 is 11.1 Å². The van der Waals surface area contributed by atoms with E-state index >= 15 is 0 Å². The molecule has 0 saturated heterocycles. The van der Waals surface area contributed by atoms with Crippen LogP contribution in [-0.4, -0.2) is 11.5 Å². The molecule has 0 aliphatic heterocycles. The second-order valence-corrected chi connectivity index (χ2v) is 5.73. The fourth-order valence-electron chi connectivity index (χ4n) is 2.20. The summed E-state index contributed by atoms with van der Waals surface area (Å²) in [5.41, 5.74) is -0.0875. The van der Waals surface area contributed by atoms with Crippen LogP contribution in [0.4, 0.5) is 13.2 Å². The average molecular weight is 314 g/mol. The summed E-state index contributed by atoms with van der Waals surface area (Å²) in [7, 11) is 0. The molecule has 2 rings (SSSR count). The van der Waals surface area contributed by atoms with E-state index < -0.39 is 11.7 Å². The molecule has 0 radical (unpaired) electrons. The summed E-state index contributed by atoms with van der Waals surface area (Å²) in [5.74, 6) is 0.274. The highest BCUT2D eigenvalue weighted by Gasteiger charge is 2.35. The fraction of sp³-hybridized carbons (Fsp3) is 0.562. The van der Waals surface area contributed by atoms with Gasteiger partial charge in [-0.2, -0.15) is 13.2 Å². The Morgan fingerprint density at radius 2 is 2.00 bits per heavy atom. The zero-order valence-corrected chi connectivity index (χ0v) is 13.0. The van der Waals surface area contributed by atoms with Crippen LogP contribution >= 0.6 is 0 Å². The first-order valence-electron chi connectivity index (χ1n) is 7.54. The largest absolute Gasteiger partial charge is 0.440 e. The van der Waals surface area contributed by atoms with E-state index in [0.717, 1.165) is 25.5 Å². The normalized spacial score (nSPS) is 12.5. The van der Waals surface area contributed by atoms with Crippen molar-refractivity contribution in [3.05, 3.63) is 29.2 Å². The molecule has 0 aliphatic carbocycles. The number of hydrogen-bond acceptors (Lipinski definition) is 3. The number of hydrogen-bond donors (Lipinski definition) is 1. The predicted molar refractivity (Wildman–Crippen MR) is 79.7 cm³/mol. The molecule has 0 aliphatic rings. The average Bonchev–Trinajstić information content (AvgIpc) is 2.85. The highest BCUT2D eigenvalue weighted by Crippen LogP contribution is 2.37.